The molecule has 0 spiro atoms. The van der Waals surface area contributed by atoms with Crippen molar-refractivity contribution < 1.29 is 13.9 Å². The van der Waals surface area contributed by atoms with E-state index in [0.717, 1.165) is 11.5 Å². The van der Waals surface area contributed by atoms with E-state index in [2.05, 4.69) is 10.3 Å². The van der Waals surface area contributed by atoms with Crippen LogP contribution in [0, 0.1) is 13.8 Å². The summed E-state index contributed by atoms with van der Waals surface area (Å²) in [7, 11) is 1.48. The predicted octanol–water partition coefficient (Wildman–Crippen LogP) is 1.81. The average molecular weight is 275 g/mol. The third-order valence-corrected chi connectivity index (χ3v) is 2.97. The maximum absolute atomic E-state index is 12.1. The molecule has 0 radical (unpaired) electrons. The minimum atomic E-state index is -0.289. The molecule has 0 fully saturated rings. The van der Waals surface area contributed by atoms with E-state index in [9.17, 15) is 4.79 Å². The third-order valence-electron chi connectivity index (χ3n) is 2.97. The first-order chi connectivity index (χ1) is 9.52. The average Bonchev–Trinajstić information content (AvgIpc) is 2.75. The number of hydrogen-bond acceptors (Lipinski definition) is 5. The highest BCUT2D eigenvalue weighted by Gasteiger charge is 2.15. The summed E-state index contributed by atoms with van der Waals surface area (Å²) in [5, 5.41) is 2.73. The monoisotopic (exact) mass is 275 g/mol. The highest BCUT2D eigenvalue weighted by molar-refractivity contribution is 5.98. The first-order valence-corrected chi connectivity index (χ1v) is 6.16. The molecule has 1 aromatic carbocycles. The van der Waals surface area contributed by atoms with Crippen molar-refractivity contribution in [3.8, 4) is 5.75 Å². The third kappa shape index (κ3) is 2.74. The number of benzene rings is 1. The van der Waals surface area contributed by atoms with Gasteiger partial charge in [-0.2, -0.15) is 0 Å². The number of para-hydroxylation sites is 1. The van der Waals surface area contributed by atoms with Crippen molar-refractivity contribution in [1.82, 2.24) is 10.3 Å². The Kier molecular flexibility index (Phi) is 3.93. The Bertz CT molecular complexity index is 615. The van der Waals surface area contributed by atoms with Gasteiger partial charge in [-0.1, -0.05) is 6.07 Å². The fraction of sp³-hybridized carbons (Fsp3) is 0.286. The number of nitrogens with zero attached hydrogens (tertiary/aromatic N) is 1. The minimum Gasteiger partial charge on any atom is -0.494 e. The second kappa shape index (κ2) is 5.64. The van der Waals surface area contributed by atoms with E-state index < -0.39 is 0 Å². The van der Waals surface area contributed by atoms with Gasteiger partial charge in [0.2, 0.25) is 5.89 Å². The van der Waals surface area contributed by atoms with Crippen molar-refractivity contribution in [3.63, 3.8) is 0 Å². The summed E-state index contributed by atoms with van der Waals surface area (Å²) in [6.07, 6.45) is 0. The molecule has 1 heterocycles. The van der Waals surface area contributed by atoms with E-state index in [1.54, 1.807) is 18.2 Å². The predicted molar refractivity (Wildman–Crippen MR) is 74.6 cm³/mol. The second-order valence-corrected chi connectivity index (χ2v) is 4.36. The maximum Gasteiger partial charge on any atom is 0.255 e. The van der Waals surface area contributed by atoms with Gasteiger partial charge >= 0.3 is 0 Å². The number of nitrogens with two attached hydrogens (primary N) is 1. The standard InChI is InChI=1S/C14H17N3O3/c1-8-9(2)20-12(17-8)7-16-14(18)10-5-4-6-11(15)13(10)19-3/h4-6H,7,15H2,1-3H3,(H,16,18). The van der Waals surface area contributed by atoms with Crippen LogP contribution in [0.15, 0.2) is 22.6 Å². The number of carbonyl (C=O) groups is 1. The quantitative estimate of drug-likeness (QED) is 0.830. The van der Waals surface area contributed by atoms with Gasteiger partial charge in [-0.25, -0.2) is 4.98 Å². The fourth-order valence-electron chi connectivity index (χ4n) is 1.83. The minimum absolute atomic E-state index is 0.214. The largest absolute Gasteiger partial charge is 0.494 e. The number of aryl methyl sites for hydroxylation is 2. The molecule has 1 aromatic heterocycles. The number of oxazole rings is 1. The molecule has 1 amide bonds. The molecule has 0 saturated heterocycles. The first-order valence-electron chi connectivity index (χ1n) is 6.16. The zero-order valence-electron chi connectivity index (χ0n) is 11.7. The SMILES string of the molecule is COc1c(N)cccc1C(=O)NCc1nc(C)c(C)o1. The van der Waals surface area contributed by atoms with E-state index in [-0.39, 0.29) is 12.5 Å². The van der Waals surface area contributed by atoms with Crippen LogP contribution in [0.25, 0.3) is 0 Å². The number of amides is 1. The molecule has 0 atom stereocenters. The van der Waals surface area contributed by atoms with Crippen molar-refractivity contribution in [2.24, 2.45) is 0 Å². The van der Waals surface area contributed by atoms with Gasteiger partial charge in [0.1, 0.15) is 5.76 Å². The van der Waals surface area contributed by atoms with Crippen LogP contribution >= 0.6 is 0 Å². The Hall–Kier alpha value is -2.50. The highest BCUT2D eigenvalue weighted by Crippen LogP contribution is 2.25. The van der Waals surface area contributed by atoms with Gasteiger partial charge in [0, 0.05) is 0 Å². The lowest BCUT2D eigenvalue weighted by molar-refractivity contribution is 0.0944. The zero-order chi connectivity index (χ0) is 14.7. The molecular weight excluding hydrogens is 258 g/mol. The number of ether oxygens (including phenoxy) is 1. The Morgan fingerprint density at radius 3 is 2.80 bits per heavy atom. The van der Waals surface area contributed by atoms with Crippen LogP contribution in [0.2, 0.25) is 0 Å². The molecule has 2 rings (SSSR count). The fourth-order valence-corrected chi connectivity index (χ4v) is 1.83. The van der Waals surface area contributed by atoms with Gasteiger partial charge in [-0.05, 0) is 26.0 Å². The number of anilines is 1. The number of rotatable bonds is 4. The van der Waals surface area contributed by atoms with E-state index >= 15 is 0 Å². The van der Waals surface area contributed by atoms with Crippen molar-refractivity contribution in [1.29, 1.82) is 0 Å². The van der Waals surface area contributed by atoms with Crippen LogP contribution < -0.4 is 15.8 Å². The number of methoxy groups -OCH3 is 1. The highest BCUT2D eigenvalue weighted by atomic mass is 16.5. The number of hydrogen-bond donors (Lipinski definition) is 2. The second-order valence-electron chi connectivity index (χ2n) is 4.36. The number of aromatic nitrogens is 1. The molecule has 106 valence electrons. The lowest BCUT2D eigenvalue weighted by Gasteiger charge is -2.10. The molecular formula is C14H17N3O3. The molecule has 20 heavy (non-hydrogen) atoms. The zero-order valence-corrected chi connectivity index (χ0v) is 11.7. The van der Waals surface area contributed by atoms with Gasteiger partial charge in [0.05, 0.1) is 30.6 Å². The van der Waals surface area contributed by atoms with E-state index in [0.29, 0.717) is 22.9 Å². The summed E-state index contributed by atoms with van der Waals surface area (Å²) >= 11 is 0. The summed E-state index contributed by atoms with van der Waals surface area (Å²) in [5.74, 6) is 1.29. The molecule has 6 nitrogen and oxygen atoms in total. The number of nitrogen functional groups attached to an aromatic ring is 1. The Balaban J connectivity index is 2.11. The molecule has 6 heteroatoms. The van der Waals surface area contributed by atoms with Crippen molar-refractivity contribution in [2.45, 2.75) is 20.4 Å². The van der Waals surface area contributed by atoms with Gasteiger partial charge in [0.25, 0.3) is 5.91 Å². The van der Waals surface area contributed by atoms with Gasteiger partial charge in [-0.15, -0.1) is 0 Å². The summed E-state index contributed by atoms with van der Waals surface area (Å²) in [6, 6.07) is 5.03. The van der Waals surface area contributed by atoms with Crippen molar-refractivity contribution in [2.75, 3.05) is 12.8 Å². The van der Waals surface area contributed by atoms with Crippen LogP contribution in [0.4, 0.5) is 5.69 Å². The summed E-state index contributed by atoms with van der Waals surface area (Å²) in [4.78, 5) is 16.3. The van der Waals surface area contributed by atoms with Gasteiger partial charge < -0.3 is 20.2 Å². The van der Waals surface area contributed by atoms with E-state index in [1.165, 1.54) is 7.11 Å². The normalized spacial score (nSPS) is 10.3. The Morgan fingerprint density at radius 1 is 1.45 bits per heavy atom. The van der Waals surface area contributed by atoms with Gasteiger partial charge in [0.15, 0.2) is 5.75 Å². The van der Waals surface area contributed by atoms with Crippen LogP contribution in [-0.4, -0.2) is 18.0 Å². The van der Waals surface area contributed by atoms with Gasteiger partial charge in [-0.3, -0.25) is 4.79 Å². The smallest absolute Gasteiger partial charge is 0.255 e. The summed E-state index contributed by atoms with van der Waals surface area (Å²) in [5.41, 5.74) is 7.38. The molecule has 2 aromatic rings. The van der Waals surface area contributed by atoms with Crippen molar-refractivity contribution >= 4 is 11.6 Å². The lowest BCUT2D eigenvalue weighted by Crippen LogP contribution is -2.23. The lowest BCUT2D eigenvalue weighted by atomic mass is 10.1. The van der Waals surface area contributed by atoms with Crippen LogP contribution in [0.1, 0.15) is 27.7 Å². The Labute approximate surface area is 116 Å². The maximum atomic E-state index is 12.1. The summed E-state index contributed by atoms with van der Waals surface area (Å²) in [6.45, 7) is 3.89. The topological polar surface area (TPSA) is 90.4 Å². The molecule has 0 unspecified atom stereocenters. The molecule has 0 saturated carbocycles. The van der Waals surface area contributed by atoms with Crippen LogP contribution in [0.3, 0.4) is 0 Å². The Morgan fingerprint density at radius 2 is 2.20 bits per heavy atom. The molecule has 0 aliphatic heterocycles. The molecule has 0 bridgehead atoms. The molecule has 0 aliphatic carbocycles. The first kappa shape index (κ1) is 13.9. The molecule has 0 aliphatic rings. The van der Waals surface area contributed by atoms with Crippen molar-refractivity contribution in [3.05, 3.63) is 41.1 Å². The van der Waals surface area contributed by atoms with E-state index in [1.807, 2.05) is 13.8 Å². The summed E-state index contributed by atoms with van der Waals surface area (Å²) < 4.78 is 10.5. The number of carbonyl (C=O) groups excluding carboxylic acids is 1. The number of nitrogens with one attached hydrogen (secondary N) is 1. The van der Waals surface area contributed by atoms with Crippen LogP contribution in [-0.2, 0) is 6.54 Å². The van der Waals surface area contributed by atoms with E-state index in [4.69, 9.17) is 14.9 Å². The van der Waals surface area contributed by atoms with Crippen LogP contribution in [0.5, 0.6) is 5.75 Å². The molecule has 3 N–H and O–H groups in total.